The third kappa shape index (κ3) is 5.57. The summed E-state index contributed by atoms with van der Waals surface area (Å²) in [5, 5.41) is 13.9. The topological polar surface area (TPSA) is 119 Å². The summed E-state index contributed by atoms with van der Waals surface area (Å²) in [6.45, 7) is 6.68. The van der Waals surface area contributed by atoms with Crippen molar-refractivity contribution in [2.75, 3.05) is 6.54 Å². The van der Waals surface area contributed by atoms with Gasteiger partial charge in [-0.3, -0.25) is 14.9 Å². The number of urea groups is 1. The van der Waals surface area contributed by atoms with E-state index in [9.17, 15) is 28.9 Å². The summed E-state index contributed by atoms with van der Waals surface area (Å²) in [6.07, 6.45) is 5.38. The third-order valence-electron chi connectivity index (χ3n) is 4.52. The number of allylic oxidation sites excluding steroid dienone is 2. The number of nitro benzene ring substituents is 1. The van der Waals surface area contributed by atoms with Crippen molar-refractivity contribution in [1.82, 2.24) is 10.2 Å². The maximum absolute atomic E-state index is 14.6. The first-order valence-electron chi connectivity index (χ1n) is 10.1. The highest BCUT2D eigenvalue weighted by molar-refractivity contribution is 6.10. The molecule has 0 saturated carbocycles. The Labute approximate surface area is 185 Å². The van der Waals surface area contributed by atoms with Crippen molar-refractivity contribution in [3.05, 3.63) is 64.0 Å². The van der Waals surface area contributed by atoms with Crippen LogP contribution in [0.3, 0.4) is 0 Å². The molecular weight excluding hydrogens is 421 g/mol. The molecule has 0 fully saturated rings. The fourth-order valence-electron chi connectivity index (χ4n) is 3.13. The molecule has 172 valence electrons. The quantitative estimate of drug-likeness (QED) is 0.389. The summed E-state index contributed by atoms with van der Waals surface area (Å²) in [6, 6.07) is 2.13. The molecule has 0 unspecified atom stereocenters. The van der Waals surface area contributed by atoms with Gasteiger partial charge in [-0.1, -0.05) is 37.3 Å². The van der Waals surface area contributed by atoms with Crippen molar-refractivity contribution >= 4 is 23.6 Å². The van der Waals surface area contributed by atoms with Crippen molar-refractivity contribution < 1.29 is 28.4 Å². The van der Waals surface area contributed by atoms with Crippen molar-refractivity contribution in [1.29, 1.82) is 0 Å². The van der Waals surface area contributed by atoms with Gasteiger partial charge in [0.25, 0.3) is 5.69 Å². The van der Waals surface area contributed by atoms with E-state index in [1.165, 1.54) is 12.2 Å². The first kappa shape index (κ1) is 24.7. The van der Waals surface area contributed by atoms with E-state index >= 15 is 0 Å². The second-order valence-electron chi connectivity index (χ2n) is 8.25. The van der Waals surface area contributed by atoms with Gasteiger partial charge in [-0.05, 0) is 39.7 Å². The normalized spacial score (nSPS) is 17.5. The van der Waals surface area contributed by atoms with E-state index in [1.807, 2.05) is 0 Å². The van der Waals surface area contributed by atoms with Crippen LogP contribution in [0.1, 0.15) is 50.9 Å². The SMILES string of the molecule is CCCN(C(=O)N[C@]1(C(=O)c2c(F)cccc2[N+](=O)[O-])C=CC=CC1)C(=O)OC(C)(C)C. The van der Waals surface area contributed by atoms with E-state index in [2.05, 4.69) is 5.32 Å². The van der Waals surface area contributed by atoms with Crippen LogP contribution in [0.5, 0.6) is 0 Å². The lowest BCUT2D eigenvalue weighted by Gasteiger charge is -2.33. The number of ether oxygens (including phenoxy) is 1. The summed E-state index contributed by atoms with van der Waals surface area (Å²) in [5.74, 6) is -2.09. The van der Waals surface area contributed by atoms with Crippen molar-refractivity contribution in [2.45, 2.75) is 51.7 Å². The Morgan fingerprint density at radius 3 is 2.50 bits per heavy atom. The van der Waals surface area contributed by atoms with E-state index < -0.39 is 51.0 Å². The molecule has 1 aromatic carbocycles. The number of benzene rings is 1. The number of nitrogens with one attached hydrogen (secondary N) is 1. The molecule has 32 heavy (non-hydrogen) atoms. The first-order valence-corrected chi connectivity index (χ1v) is 10.1. The molecule has 0 aliphatic heterocycles. The van der Waals surface area contributed by atoms with Crippen LogP contribution >= 0.6 is 0 Å². The molecule has 1 N–H and O–H groups in total. The average Bonchev–Trinajstić information content (AvgIpc) is 2.70. The fourth-order valence-corrected chi connectivity index (χ4v) is 3.13. The van der Waals surface area contributed by atoms with Crippen molar-refractivity contribution in [3.63, 3.8) is 0 Å². The monoisotopic (exact) mass is 447 g/mol. The summed E-state index contributed by atoms with van der Waals surface area (Å²) >= 11 is 0. The fraction of sp³-hybridized carbons (Fsp3) is 0.409. The summed E-state index contributed by atoms with van der Waals surface area (Å²) < 4.78 is 19.8. The molecule has 3 amide bonds. The number of ketones is 1. The number of hydrogen-bond donors (Lipinski definition) is 1. The molecule has 1 aliphatic carbocycles. The first-order chi connectivity index (χ1) is 14.9. The molecule has 0 heterocycles. The van der Waals surface area contributed by atoms with Gasteiger partial charge in [0, 0.05) is 12.6 Å². The summed E-state index contributed by atoms with van der Waals surface area (Å²) in [5.41, 5.74) is -4.16. The highest BCUT2D eigenvalue weighted by atomic mass is 19.1. The standard InChI is InChI=1S/C22H26FN3O6/c1-5-14-25(20(29)32-21(2,3)4)19(28)24-22(12-7-6-8-13-22)18(27)17-15(23)10-9-11-16(17)26(30)31/h6-12H,5,13-14H2,1-4H3,(H,24,28)/t22-/m1/s1. The highest BCUT2D eigenvalue weighted by Crippen LogP contribution is 2.30. The number of carbonyl (C=O) groups excluding carboxylic acids is 3. The lowest BCUT2D eigenvalue weighted by Crippen LogP contribution is -2.58. The van der Waals surface area contributed by atoms with Crippen molar-refractivity contribution in [3.8, 4) is 0 Å². The number of Topliss-reactive ketones (excluding diaryl/α,β-unsaturated/α-hetero) is 1. The molecule has 0 aromatic heterocycles. The van der Waals surface area contributed by atoms with Crippen LogP contribution in [-0.2, 0) is 4.74 Å². The van der Waals surface area contributed by atoms with Gasteiger partial charge in [0.2, 0.25) is 5.78 Å². The predicted octanol–water partition coefficient (Wildman–Crippen LogP) is 4.53. The maximum atomic E-state index is 14.6. The van der Waals surface area contributed by atoms with E-state index in [0.29, 0.717) is 6.42 Å². The van der Waals surface area contributed by atoms with Crippen LogP contribution in [-0.4, -0.2) is 45.4 Å². The number of amides is 3. The van der Waals surface area contributed by atoms with Crippen LogP contribution in [0.15, 0.2) is 42.5 Å². The van der Waals surface area contributed by atoms with Gasteiger partial charge < -0.3 is 10.1 Å². The molecule has 2 rings (SSSR count). The number of nitrogens with zero attached hydrogens (tertiary/aromatic N) is 2. The number of hydrogen-bond acceptors (Lipinski definition) is 6. The Balaban J connectivity index is 2.46. The van der Waals surface area contributed by atoms with Gasteiger partial charge in [-0.15, -0.1) is 0 Å². The average molecular weight is 447 g/mol. The number of imide groups is 1. The van der Waals surface area contributed by atoms with Crippen molar-refractivity contribution in [2.24, 2.45) is 0 Å². The Bertz CT molecular complexity index is 982. The molecule has 0 bridgehead atoms. The summed E-state index contributed by atoms with van der Waals surface area (Å²) in [7, 11) is 0. The Morgan fingerprint density at radius 1 is 1.28 bits per heavy atom. The van der Waals surface area contributed by atoms with E-state index in [-0.39, 0.29) is 13.0 Å². The molecule has 1 aromatic rings. The van der Waals surface area contributed by atoms with Gasteiger partial charge in [-0.25, -0.2) is 18.9 Å². The number of halogens is 1. The predicted molar refractivity (Wildman–Crippen MR) is 115 cm³/mol. The smallest absolute Gasteiger partial charge is 0.418 e. The van der Waals surface area contributed by atoms with Gasteiger partial charge in [0.15, 0.2) is 0 Å². The molecule has 0 spiro atoms. The van der Waals surface area contributed by atoms with Crippen LogP contribution in [0.2, 0.25) is 0 Å². The minimum absolute atomic E-state index is 0.00438. The van der Waals surface area contributed by atoms with Gasteiger partial charge in [0.05, 0.1) is 4.92 Å². The maximum Gasteiger partial charge on any atom is 0.418 e. The lowest BCUT2D eigenvalue weighted by molar-refractivity contribution is -0.385. The summed E-state index contributed by atoms with van der Waals surface area (Å²) in [4.78, 5) is 50.3. The van der Waals surface area contributed by atoms with Crippen LogP contribution in [0.4, 0.5) is 19.7 Å². The van der Waals surface area contributed by atoms with E-state index in [0.717, 1.165) is 23.1 Å². The van der Waals surface area contributed by atoms with E-state index in [4.69, 9.17) is 4.74 Å². The minimum atomic E-state index is -1.83. The second kappa shape index (κ2) is 9.71. The van der Waals surface area contributed by atoms with E-state index in [1.54, 1.807) is 39.8 Å². The number of rotatable bonds is 6. The molecule has 9 nitrogen and oxygen atoms in total. The zero-order valence-electron chi connectivity index (χ0n) is 18.4. The molecule has 10 heteroatoms. The number of nitro groups is 1. The molecule has 0 radical (unpaired) electrons. The van der Waals surface area contributed by atoms with Crippen LogP contribution in [0, 0.1) is 15.9 Å². The Kier molecular flexibility index (Phi) is 7.50. The molecule has 0 saturated heterocycles. The Morgan fingerprint density at radius 2 is 1.97 bits per heavy atom. The highest BCUT2D eigenvalue weighted by Gasteiger charge is 2.43. The van der Waals surface area contributed by atoms with Gasteiger partial charge >= 0.3 is 12.1 Å². The van der Waals surface area contributed by atoms with Gasteiger partial charge in [0.1, 0.15) is 22.5 Å². The lowest BCUT2D eigenvalue weighted by atomic mass is 9.82. The zero-order chi connectivity index (χ0) is 24.1. The van der Waals surface area contributed by atoms with Crippen LogP contribution in [0.25, 0.3) is 0 Å². The zero-order valence-corrected chi connectivity index (χ0v) is 18.4. The third-order valence-corrected chi connectivity index (χ3v) is 4.52. The second-order valence-corrected chi connectivity index (χ2v) is 8.25. The largest absolute Gasteiger partial charge is 0.443 e. The number of carbonyl (C=O) groups is 3. The minimum Gasteiger partial charge on any atom is -0.443 e. The van der Waals surface area contributed by atoms with Crippen LogP contribution < -0.4 is 5.32 Å². The Hall–Kier alpha value is -3.56. The molecular formula is C22H26FN3O6. The molecule has 1 aliphatic rings. The molecule has 1 atom stereocenters. The van der Waals surface area contributed by atoms with Gasteiger partial charge in [-0.2, -0.15) is 0 Å².